The third-order valence-electron chi connectivity index (χ3n) is 3.17. The second-order valence-corrected chi connectivity index (χ2v) is 5.05. The maximum Gasteiger partial charge on any atom is 0.123 e. The quantitative estimate of drug-likeness (QED) is 0.671. The van der Waals surface area contributed by atoms with E-state index in [0.717, 1.165) is 22.4 Å². The maximum absolute atomic E-state index is 13.1. The highest BCUT2D eigenvalue weighted by molar-refractivity contribution is 6.30. The first-order valence-electron chi connectivity index (χ1n) is 6.20. The topological polar surface area (TPSA) is 17.8 Å². The lowest BCUT2D eigenvalue weighted by atomic mass is 10.1. The number of rotatable bonds is 2. The van der Waals surface area contributed by atoms with Gasteiger partial charge in [-0.2, -0.15) is 5.10 Å². The van der Waals surface area contributed by atoms with Crippen LogP contribution in [0.3, 0.4) is 0 Å². The summed E-state index contributed by atoms with van der Waals surface area (Å²) in [5.74, 6) is -0.240. The van der Waals surface area contributed by atoms with Crippen molar-refractivity contribution in [2.75, 3.05) is 0 Å². The smallest absolute Gasteiger partial charge is 0.123 e. The molecule has 0 saturated carbocycles. The summed E-state index contributed by atoms with van der Waals surface area (Å²) in [4.78, 5) is 0. The van der Waals surface area contributed by atoms with Crippen LogP contribution >= 0.6 is 11.6 Å². The van der Waals surface area contributed by atoms with Crippen LogP contribution in [0.25, 0.3) is 16.8 Å². The minimum absolute atomic E-state index is 0.240. The Hall–Kier alpha value is -2.13. The molecule has 0 aliphatic carbocycles. The molecule has 0 atom stereocenters. The van der Waals surface area contributed by atoms with E-state index in [-0.39, 0.29) is 5.82 Å². The van der Waals surface area contributed by atoms with Crippen LogP contribution in [0.4, 0.5) is 4.39 Å². The van der Waals surface area contributed by atoms with E-state index in [4.69, 9.17) is 11.6 Å². The van der Waals surface area contributed by atoms with Gasteiger partial charge < -0.3 is 0 Å². The molecule has 3 aromatic rings. The first kappa shape index (κ1) is 12.9. The first-order chi connectivity index (χ1) is 9.63. The van der Waals surface area contributed by atoms with Gasteiger partial charge in [-0.3, -0.25) is 0 Å². The molecule has 0 radical (unpaired) electrons. The SMILES string of the molecule is Cc1cc(F)ccc1-n1cc(-c2ccc(Cl)cc2)cn1. The van der Waals surface area contributed by atoms with Crippen LogP contribution in [0, 0.1) is 12.7 Å². The number of halogens is 2. The van der Waals surface area contributed by atoms with Gasteiger partial charge in [0.05, 0.1) is 11.9 Å². The molecule has 4 heteroatoms. The zero-order chi connectivity index (χ0) is 14.1. The minimum Gasteiger partial charge on any atom is -0.240 e. The number of hydrogen-bond acceptors (Lipinski definition) is 1. The zero-order valence-corrected chi connectivity index (χ0v) is 11.6. The van der Waals surface area contributed by atoms with Crippen molar-refractivity contribution < 1.29 is 4.39 Å². The van der Waals surface area contributed by atoms with Crippen molar-refractivity contribution >= 4 is 11.6 Å². The molecule has 3 rings (SSSR count). The Balaban J connectivity index is 1.99. The fourth-order valence-corrected chi connectivity index (χ4v) is 2.25. The van der Waals surface area contributed by atoms with E-state index >= 15 is 0 Å². The van der Waals surface area contributed by atoms with Gasteiger partial charge >= 0.3 is 0 Å². The van der Waals surface area contributed by atoms with Gasteiger partial charge in [0, 0.05) is 16.8 Å². The van der Waals surface area contributed by atoms with E-state index in [1.54, 1.807) is 16.9 Å². The van der Waals surface area contributed by atoms with Gasteiger partial charge in [0.15, 0.2) is 0 Å². The molecule has 100 valence electrons. The monoisotopic (exact) mass is 286 g/mol. The van der Waals surface area contributed by atoms with Crippen molar-refractivity contribution in [2.24, 2.45) is 0 Å². The molecular formula is C16H12ClFN2. The Kier molecular flexibility index (Phi) is 3.28. The van der Waals surface area contributed by atoms with Gasteiger partial charge in [0.2, 0.25) is 0 Å². The van der Waals surface area contributed by atoms with Crippen molar-refractivity contribution in [1.29, 1.82) is 0 Å². The molecule has 0 N–H and O–H groups in total. The van der Waals surface area contributed by atoms with Crippen LogP contribution in [0.15, 0.2) is 54.9 Å². The van der Waals surface area contributed by atoms with Gasteiger partial charge in [-0.1, -0.05) is 23.7 Å². The molecule has 0 bridgehead atoms. The van der Waals surface area contributed by atoms with Crippen LogP contribution in [0.5, 0.6) is 0 Å². The van der Waals surface area contributed by atoms with E-state index in [1.165, 1.54) is 12.1 Å². The number of nitrogens with zero attached hydrogens (tertiary/aromatic N) is 2. The van der Waals surface area contributed by atoms with E-state index < -0.39 is 0 Å². The number of aromatic nitrogens is 2. The molecule has 1 aromatic heterocycles. The lowest BCUT2D eigenvalue weighted by Crippen LogP contribution is -1.97. The lowest BCUT2D eigenvalue weighted by Gasteiger charge is -2.05. The molecule has 0 aliphatic heterocycles. The van der Waals surface area contributed by atoms with Gasteiger partial charge in [0.1, 0.15) is 5.82 Å². The fraction of sp³-hybridized carbons (Fsp3) is 0.0625. The van der Waals surface area contributed by atoms with Crippen LogP contribution in [0.1, 0.15) is 5.56 Å². The summed E-state index contributed by atoms with van der Waals surface area (Å²) < 4.78 is 14.9. The predicted molar refractivity (Wildman–Crippen MR) is 78.7 cm³/mol. The summed E-state index contributed by atoms with van der Waals surface area (Å²) in [6.45, 7) is 1.86. The van der Waals surface area contributed by atoms with Gasteiger partial charge in [0.25, 0.3) is 0 Å². The number of benzene rings is 2. The largest absolute Gasteiger partial charge is 0.240 e. The van der Waals surface area contributed by atoms with Gasteiger partial charge in [-0.05, 0) is 48.4 Å². The van der Waals surface area contributed by atoms with E-state index in [0.29, 0.717) is 5.02 Å². The Morgan fingerprint density at radius 2 is 1.80 bits per heavy atom. The second-order valence-electron chi connectivity index (χ2n) is 4.61. The highest BCUT2D eigenvalue weighted by Gasteiger charge is 2.06. The summed E-state index contributed by atoms with van der Waals surface area (Å²) in [5.41, 5.74) is 3.74. The zero-order valence-electron chi connectivity index (χ0n) is 10.8. The van der Waals surface area contributed by atoms with Gasteiger partial charge in [-0.15, -0.1) is 0 Å². The summed E-state index contributed by atoms with van der Waals surface area (Å²) in [7, 11) is 0. The predicted octanol–water partition coefficient (Wildman–Crippen LogP) is 4.64. The average Bonchev–Trinajstić information content (AvgIpc) is 2.89. The molecule has 2 nitrogen and oxygen atoms in total. The fourth-order valence-electron chi connectivity index (χ4n) is 2.12. The average molecular weight is 287 g/mol. The van der Waals surface area contributed by atoms with Crippen molar-refractivity contribution in [3.63, 3.8) is 0 Å². The summed E-state index contributed by atoms with van der Waals surface area (Å²) in [6.07, 6.45) is 3.70. The van der Waals surface area contributed by atoms with Crippen molar-refractivity contribution in [1.82, 2.24) is 9.78 Å². The molecule has 0 amide bonds. The van der Waals surface area contributed by atoms with Crippen molar-refractivity contribution in [2.45, 2.75) is 6.92 Å². The normalized spacial score (nSPS) is 10.8. The highest BCUT2D eigenvalue weighted by atomic mass is 35.5. The summed E-state index contributed by atoms with van der Waals surface area (Å²) in [5, 5.41) is 5.04. The first-order valence-corrected chi connectivity index (χ1v) is 6.58. The molecular weight excluding hydrogens is 275 g/mol. The molecule has 2 aromatic carbocycles. The van der Waals surface area contributed by atoms with Crippen LogP contribution in [-0.4, -0.2) is 9.78 Å². The van der Waals surface area contributed by atoms with Crippen LogP contribution in [-0.2, 0) is 0 Å². The standard InChI is InChI=1S/C16H12ClFN2/c1-11-8-15(18)6-7-16(11)20-10-13(9-19-20)12-2-4-14(17)5-3-12/h2-10H,1H3. The number of hydrogen-bond donors (Lipinski definition) is 0. The molecule has 0 unspecified atom stereocenters. The Morgan fingerprint density at radius 3 is 2.50 bits per heavy atom. The lowest BCUT2D eigenvalue weighted by molar-refractivity contribution is 0.625. The molecule has 1 heterocycles. The third kappa shape index (κ3) is 2.45. The van der Waals surface area contributed by atoms with Crippen LogP contribution in [0.2, 0.25) is 5.02 Å². The van der Waals surface area contributed by atoms with E-state index in [1.807, 2.05) is 37.4 Å². The summed E-state index contributed by atoms with van der Waals surface area (Å²) in [6, 6.07) is 12.2. The maximum atomic E-state index is 13.1. The molecule has 0 spiro atoms. The van der Waals surface area contributed by atoms with E-state index in [2.05, 4.69) is 5.10 Å². The third-order valence-corrected chi connectivity index (χ3v) is 3.42. The molecule has 0 fully saturated rings. The Bertz CT molecular complexity index is 747. The highest BCUT2D eigenvalue weighted by Crippen LogP contribution is 2.23. The van der Waals surface area contributed by atoms with E-state index in [9.17, 15) is 4.39 Å². The van der Waals surface area contributed by atoms with Crippen molar-refractivity contribution in [3.05, 3.63) is 71.3 Å². The second kappa shape index (κ2) is 5.10. The Morgan fingerprint density at radius 1 is 1.05 bits per heavy atom. The minimum atomic E-state index is -0.240. The Labute approximate surface area is 121 Å². The number of aryl methyl sites for hydroxylation is 1. The van der Waals surface area contributed by atoms with Crippen molar-refractivity contribution in [3.8, 4) is 16.8 Å². The molecule has 0 saturated heterocycles. The summed E-state index contributed by atoms with van der Waals surface area (Å²) >= 11 is 5.88. The molecule has 20 heavy (non-hydrogen) atoms. The van der Waals surface area contributed by atoms with Crippen LogP contribution < -0.4 is 0 Å². The molecule has 0 aliphatic rings. The van der Waals surface area contributed by atoms with Gasteiger partial charge in [-0.25, -0.2) is 9.07 Å².